The van der Waals surface area contributed by atoms with Gasteiger partial charge in [-0.05, 0) is 30.4 Å². The molecule has 2 nitrogen and oxygen atoms in total. The molecule has 1 heterocycles. The zero-order valence-corrected chi connectivity index (χ0v) is 9.02. The molecule has 1 aromatic rings. The first-order valence-corrected chi connectivity index (χ1v) is 5.89. The third kappa shape index (κ3) is 1.68. The monoisotopic (exact) mass is 202 g/mol. The van der Waals surface area contributed by atoms with E-state index in [9.17, 15) is 0 Å². The Balaban J connectivity index is 1.72. The fraction of sp³-hybridized carbons (Fsp3) is 0.538. The minimum Gasteiger partial charge on any atom is -0.325 e. The van der Waals surface area contributed by atoms with E-state index < -0.39 is 0 Å². The van der Waals surface area contributed by atoms with Crippen LogP contribution in [-0.4, -0.2) is 30.1 Å². The minimum absolute atomic E-state index is 0.433. The van der Waals surface area contributed by atoms with Crippen molar-refractivity contribution in [2.75, 3.05) is 13.1 Å². The molecule has 0 amide bonds. The summed E-state index contributed by atoms with van der Waals surface area (Å²) in [7, 11) is 0. The summed E-state index contributed by atoms with van der Waals surface area (Å²) in [6, 6.07) is 10.0. The summed E-state index contributed by atoms with van der Waals surface area (Å²) in [6.07, 6.45) is 3.78. The molecule has 2 heteroatoms. The first kappa shape index (κ1) is 9.37. The Kier molecular flexibility index (Phi) is 2.26. The summed E-state index contributed by atoms with van der Waals surface area (Å²) < 4.78 is 0. The molecule has 0 saturated carbocycles. The van der Waals surface area contributed by atoms with Crippen LogP contribution in [0.3, 0.4) is 0 Å². The lowest BCUT2D eigenvalue weighted by molar-refractivity contribution is 0.0853. The van der Waals surface area contributed by atoms with E-state index >= 15 is 0 Å². The van der Waals surface area contributed by atoms with Gasteiger partial charge in [0.05, 0.1) is 0 Å². The second kappa shape index (κ2) is 3.62. The van der Waals surface area contributed by atoms with Gasteiger partial charge < -0.3 is 5.73 Å². The lowest BCUT2D eigenvalue weighted by Crippen LogP contribution is -2.60. The van der Waals surface area contributed by atoms with Crippen LogP contribution in [0.25, 0.3) is 0 Å². The smallest absolute Gasteiger partial charge is 0.0297 e. The molecule has 1 aliphatic heterocycles. The number of rotatable bonds is 1. The molecular weight excluding hydrogens is 184 g/mol. The average molecular weight is 202 g/mol. The summed E-state index contributed by atoms with van der Waals surface area (Å²) in [6.45, 7) is 2.21. The molecule has 0 bridgehead atoms. The second-order valence-electron chi connectivity index (χ2n) is 4.88. The van der Waals surface area contributed by atoms with Crippen molar-refractivity contribution in [3.8, 4) is 0 Å². The molecule has 1 atom stereocenters. The van der Waals surface area contributed by atoms with Gasteiger partial charge in [0.25, 0.3) is 0 Å². The van der Waals surface area contributed by atoms with Crippen molar-refractivity contribution < 1.29 is 0 Å². The number of fused-ring (bicyclic) bond motifs is 1. The van der Waals surface area contributed by atoms with Gasteiger partial charge in [0.15, 0.2) is 0 Å². The standard InChI is InChI=1S/C13H18N2/c14-12-8-15(9-12)13-6-5-10-3-1-2-4-11(10)7-13/h1-4,12-13H,5-9,14H2. The molecule has 15 heavy (non-hydrogen) atoms. The van der Waals surface area contributed by atoms with E-state index in [-0.39, 0.29) is 0 Å². The van der Waals surface area contributed by atoms with Gasteiger partial charge in [-0.2, -0.15) is 0 Å². The fourth-order valence-electron chi connectivity index (χ4n) is 2.84. The molecule has 1 unspecified atom stereocenters. The molecule has 1 saturated heterocycles. The number of likely N-dealkylation sites (tertiary alicyclic amines) is 1. The van der Waals surface area contributed by atoms with Crippen LogP contribution in [0, 0.1) is 0 Å². The molecule has 1 aromatic carbocycles. The van der Waals surface area contributed by atoms with E-state index in [4.69, 9.17) is 5.73 Å². The quantitative estimate of drug-likeness (QED) is 0.741. The minimum atomic E-state index is 0.433. The third-order valence-corrected chi connectivity index (χ3v) is 3.78. The largest absolute Gasteiger partial charge is 0.325 e. The highest BCUT2D eigenvalue weighted by atomic mass is 15.2. The first-order valence-electron chi connectivity index (χ1n) is 5.89. The zero-order valence-electron chi connectivity index (χ0n) is 9.02. The van der Waals surface area contributed by atoms with E-state index in [0.717, 1.165) is 19.1 Å². The molecule has 80 valence electrons. The molecule has 0 radical (unpaired) electrons. The number of benzene rings is 1. The van der Waals surface area contributed by atoms with Crippen molar-refractivity contribution in [1.82, 2.24) is 4.90 Å². The highest BCUT2D eigenvalue weighted by molar-refractivity contribution is 5.30. The number of hydrogen-bond donors (Lipinski definition) is 1. The van der Waals surface area contributed by atoms with Gasteiger partial charge in [-0.3, -0.25) is 4.90 Å². The lowest BCUT2D eigenvalue weighted by atomic mass is 9.86. The summed E-state index contributed by atoms with van der Waals surface area (Å²) >= 11 is 0. The Bertz CT molecular complexity index is 355. The third-order valence-electron chi connectivity index (χ3n) is 3.78. The van der Waals surface area contributed by atoms with Gasteiger partial charge in [0, 0.05) is 25.2 Å². The van der Waals surface area contributed by atoms with E-state index in [1.54, 1.807) is 11.1 Å². The molecule has 0 spiro atoms. The van der Waals surface area contributed by atoms with Gasteiger partial charge in [-0.1, -0.05) is 24.3 Å². The highest BCUT2D eigenvalue weighted by Gasteiger charge is 2.31. The lowest BCUT2D eigenvalue weighted by Gasteiger charge is -2.44. The van der Waals surface area contributed by atoms with Crippen LogP contribution < -0.4 is 5.73 Å². The predicted octanol–water partition coefficient (Wildman–Crippen LogP) is 1.19. The van der Waals surface area contributed by atoms with Crippen molar-refractivity contribution in [2.45, 2.75) is 31.3 Å². The van der Waals surface area contributed by atoms with Gasteiger partial charge in [-0.15, -0.1) is 0 Å². The van der Waals surface area contributed by atoms with E-state index in [1.165, 1.54) is 19.3 Å². The predicted molar refractivity (Wildman–Crippen MR) is 61.8 cm³/mol. The van der Waals surface area contributed by atoms with Crippen molar-refractivity contribution in [3.63, 3.8) is 0 Å². The molecular formula is C13H18N2. The number of hydrogen-bond acceptors (Lipinski definition) is 2. The van der Waals surface area contributed by atoms with Crippen LogP contribution in [0.15, 0.2) is 24.3 Å². The van der Waals surface area contributed by atoms with Gasteiger partial charge in [0.1, 0.15) is 0 Å². The van der Waals surface area contributed by atoms with E-state index in [0.29, 0.717) is 6.04 Å². The Morgan fingerprint density at radius 1 is 1.13 bits per heavy atom. The molecule has 1 fully saturated rings. The normalized spacial score (nSPS) is 27.1. The Hall–Kier alpha value is -0.860. The van der Waals surface area contributed by atoms with Crippen molar-refractivity contribution >= 4 is 0 Å². The van der Waals surface area contributed by atoms with Crippen LogP contribution in [0.1, 0.15) is 17.5 Å². The van der Waals surface area contributed by atoms with Crippen LogP contribution in [0.4, 0.5) is 0 Å². The average Bonchev–Trinajstić information content (AvgIpc) is 2.24. The Morgan fingerprint density at radius 3 is 2.60 bits per heavy atom. The maximum Gasteiger partial charge on any atom is 0.0297 e. The van der Waals surface area contributed by atoms with Gasteiger partial charge in [-0.25, -0.2) is 0 Å². The van der Waals surface area contributed by atoms with E-state index in [1.807, 2.05) is 0 Å². The first-order chi connectivity index (χ1) is 7.33. The van der Waals surface area contributed by atoms with Crippen molar-refractivity contribution in [1.29, 1.82) is 0 Å². The highest BCUT2D eigenvalue weighted by Crippen LogP contribution is 2.26. The number of nitrogens with two attached hydrogens (primary N) is 1. The van der Waals surface area contributed by atoms with Crippen LogP contribution in [0.5, 0.6) is 0 Å². The summed E-state index contributed by atoms with van der Waals surface area (Å²) in [5.41, 5.74) is 8.93. The van der Waals surface area contributed by atoms with Crippen LogP contribution in [0.2, 0.25) is 0 Å². The molecule has 0 aromatic heterocycles. The summed E-state index contributed by atoms with van der Waals surface area (Å²) in [4.78, 5) is 2.54. The second-order valence-corrected chi connectivity index (χ2v) is 4.88. The van der Waals surface area contributed by atoms with Crippen LogP contribution >= 0.6 is 0 Å². The van der Waals surface area contributed by atoms with Crippen LogP contribution in [-0.2, 0) is 12.8 Å². The fourth-order valence-corrected chi connectivity index (χ4v) is 2.84. The van der Waals surface area contributed by atoms with Gasteiger partial charge >= 0.3 is 0 Å². The number of nitrogens with zero attached hydrogens (tertiary/aromatic N) is 1. The van der Waals surface area contributed by atoms with Crippen molar-refractivity contribution in [3.05, 3.63) is 35.4 Å². The molecule has 1 aliphatic carbocycles. The number of aryl methyl sites for hydroxylation is 1. The SMILES string of the molecule is NC1CN(C2CCc3ccccc3C2)C1. The maximum absolute atomic E-state index is 5.83. The van der Waals surface area contributed by atoms with E-state index in [2.05, 4.69) is 29.2 Å². The Labute approximate surface area is 91.1 Å². The maximum atomic E-state index is 5.83. The van der Waals surface area contributed by atoms with Crippen molar-refractivity contribution in [2.24, 2.45) is 5.73 Å². The molecule has 3 rings (SSSR count). The molecule has 2 N–H and O–H groups in total. The topological polar surface area (TPSA) is 29.3 Å². The zero-order chi connectivity index (χ0) is 10.3. The van der Waals surface area contributed by atoms with Gasteiger partial charge in [0.2, 0.25) is 0 Å². The summed E-state index contributed by atoms with van der Waals surface area (Å²) in [5.74, 6) is 0. The molecule has 2 aliphatic rings. The Morgan fingerprint density at radius 2 is 1.87 bits per heavy atom. The summed E-state index contributed by atoms with van der Waals surface area (Å²) in [5, 5.41) is 0.